The molecule has 0 bridgehead atoms. The first-order valence-corrected chi connectivity index (χ1v) is 5.90. The maximum Gasteiger partial charge on any atom is 0.292 e. The zero-order valence-electron chi connectivity index (χ0n) is 10.8. The number of para-hydroxylation sites is 1. The van der Waals surface area contributed by atoms with Crippen molar-refractivity contribution in [2.75, 3.05) is 11.1 Å². The van der Waals surface area contributed by atoms with Crippen molar-refractivity contribution in [3.63, 3.8) is 0 Å². The lowest BCUT2D eigenvalue weighted by Crippen LogP contribution is -2.15. The van der Waals surface area contributed by atoms with E-state index >= 15 is 0 Å². The molecule has 1 amide bonds. The van der Waals surface area contributed by atoms with Crippen molar-refractivity contribution in [3.8, 4) is 0 Å². The van der Waals surface area contributed by atoms with Crippen LogP contribution in [0.3, 0.4) is 0 Å². The highest BCUT2D eigenvalue weighted by atomic mass is 16.6. The molecule has 0 saturated carbocycles. The van der Waals surface area contributed by atoms with Gasteiger partial charge in [0.15, 0.2) is 0 Å². The fourth-order valence-electron chi connectivity index (χ4n) is 1.80. The van der Waals surface area contributed by atoms with Crippen molar-refractivity contribution >= 4 is 23.0 Å². The van der Waals surface area contributed by atoms with Crippen molar-refractivity contribution in [1.82, 2.24) is 0 Å². The molecule has 2 aromatic carbocycles. The largest absolute Gasteiger partial charge is 0.398 e. The number of benzene rings is 2. The highest BCUT2D eigenvalue weighted by Crippen LogP contribution is 2.26. The van der Waals surface area contributed by atoms with Gasteiger partial charge in [-0.2, -0.15) is 0 Å². The third-order valence-corrected chi connectivity index (χ3v) is 2.80. The van der Waals surface area contributed by atoms with Crippen LogP contribution < -0.4 is 11.1 Å². The van der Waals surface area contributed by atoms with E-state index in [0.29, 0.717) is 5.69 Å². The van der Waals surface area contributed by atoms with Gasteiger partial charge in [-0.05, 0) is 30.7 Å². The first kappa shape index (κ1) is 13.5. The summed E-state index contributed by atoms with van der Waals surface area (Å²) in [5.74, 6) is -0.475. The van der Waals surface area contributed by atoms with E-state index in [1.165, 1.54) is 6.07 Å². The molecule has 0 saturated heterocycles. The van der Waals surface area contributed by atoms with Crippen LogP contribution in [0.5, 0.6) is 0 Å². The minimum absolute atomic E-state index is 0.154. The Labute approximate surface area is 115 Å². The number of carbonyl (C=O) groups excluding carboxylic acids is 1. The number of hydrogen-bond donors (Lipinski definition) is 2. The molecule has 102 valence electrons. The number of nitrogens with zero attached hydrogens (tertiary/aromatic N) is 1. The molecule has 0 unspecified atom stereocenters. The summed E-state index contributed by atoms with van der Waals surface area (Å²) < 4.78 is 0. The number of anilines is 2. The third kappa shape index (κ3) is 2.74. The number of nitrogen functional groups attached to an aromatic ring is 1. The van der Waals surface area contributed by atoms with Crippen LogP contribution in [0.4, 0.5) is 17.1 Å². The molecule has 0 spiro atoms. The smallest absolute Gasteiger partial charge is 0.292 e. The highest BCUT2D eigenvalue weighted by Gasteiger charge is 2.17. The van der Waals surface area contributed by atoms with Gasteiger partial charge >= 0.3 is 0 Å². The van der Waals surface area contributed by atoms with E-state index in [9.17, 15) is 14.9 Å². The Bertz CT molecular complexity index is 683. The number of nitro benzene ring substituents is 1. The minimum Gasteiger partial charge on any atom is -0.398 e. The molecule has 20 heavy (non-hydrogen) atoms. The van der Waals surface area contributed by atoms with Crippen LogP contribution in [0.25, 0.3) is 0 Å². The number of nitro groups is 1. The van der Waals surface area contributed by atoms with Crippen molar-refractivity contribution in [1.29, 1.82) is 0 Å². The number of nitrogens with one attached hydrogen (secondary N) is 1. The number of aryl methyl sites for hydroxylation is 1. The minimum atomic E-state index is -0.538. The summed E-state index contributed by atoms with van der Waals surface area (Å²) in [6.07, 6.45) is 0. The second-order valence-corrected chi connectivity index (χ2v) is 4.32. The van der Waals surface area contributed by atoms with Gasteiger partial charge in [-0.25, -0.2) is 0 Å². The van der Waals surface area contributed by atoms with Crippen molar-refractivity contribution in [2.24, 2.45) is 0 Å². The molecule has 0 aliphatic rings. The monoisotopic (exact) mass is 271 g/mol. The SMILES string of the molecule is Cc1ccc([N+](=O)[O-])c(NC(=O)c2ccccc2N)c1. The molecule has 0 atom stereocenters. The maximum absolute atomic E-state index is 12.1. The number of carbonyl (C=O) groups is 1. The normalized spacial score (nSPS) is 10.1. The molecule has 0 heterocycles. The molecule has 0 aliphatic carbocycles. The number of nitrogens with two attached hydrogens (primary N) is 1. The summed E-state index contributed by atoms with van der Waals surface area (Å²) in [6.45, 7) is 1.79. The first-order chi connectivity index (χ1) is 9.49. The van der Waals surface area contributed by atoms with Crippen molar-refractivity contribution in [3.05, 3.63) is 63.7 Å². The molecular formula is C14H13N3O3. The van der Waals surface area contributed by atoms with Gasteiger partial charge in [-0.15, -0.1) is 0 Å². The summed E-state index contributed by atoms with van der Waals surface area (Å²) >= 11 is 0. The van der Waals surface area contributed by atoms with Gasteiger partial charge in [0.25, 0.3) is 11.6 Å². The molecule has 6 heteroatoms. The molecule has 3 N–H and O–H groups in total. The van der Waals surface area contributed by atoms with Crippen molar-refractivity contribution in [2.45, 2.75) is 6.92 Å². The van der Waals surface area contributed by atoms with Crippen LogP contribution in [0.15, 0.2) is 42.5 Å². The van der Waals surface area contributed by atoms with Crippen LogP contribution in [0.2, 0.25) is 0 Å². The summed E-state index contributed by atoms with van der Waals surface area (Å²) in [6, 6.07) is 11.1. The third-order valence-electron chi connectivity index (χ3n) is 2.80. The highest BCUT2D eigenvalue weighted by molar-refractivity contribution is 6.08. The molecule has 0 aliphatic heterocycles. The zero-order valence-corrected chi connectivity index (χ0v) is 10.8. The molecule has 2 rings (SSSR count). The van der Waals surface area contributed by atoms with E-state index in [4.69, 9.17) is 5.73 Å². The van der Waals surface area contributed by atoms with E-state index < -0.39 is 10.8 Å². The average Bonchev–Trinajstić information content (AvgIpc) is 2.38. The fraction of sp³-hybridized carbons (Fsp3) is 0.0714. The predicted molar refractivity (Wildman–Crippen MR) is 76.6 cm³/mol. The van der Waals surface area contributed by atoms with Crippen molar-refractivity contribution < 1.29 is 9.72 Å². The Hall–Kier alpha value is -2.89. The van der Waals surface area contributed by atoms with E-state index in [1.54, 1.807) is 43.3 Å². The van der Waals surface area contributed by atoms with Gasteiger partial charge < -0.3 is 11.1 Å². The summed E-state index contributed by atoms with van der Waals surface area (Å²) in [5, 5.41) is 13.5. The van der Waals surface area contributed by atoms with E-state index in [2.05, 4.69) is 5.32 Å². The second-order valence-electron chi connectivity index (χ2n) is 4.32. The zero-order chi connectivity index (χ0) is 14.7. The Kier molecular flexibility index (Phi) is 3.65. The van der Waals surface area contributed by atoms with Gasteiger partial charge in [0.1, 0.15) is 5.69 Å². The molecule has 0 aromatic heterocycles. The Morgan fingerprint density at radius 3 is 2.60 bits per heavy atom. The van der Waals surface area contributed by atoms with Gasteiger partial charge in [-0.1, -0.05) is 18.2 Å². The number of rotatable bonds is 3. The average molecular weight is 271 g/mol. The van der Waals surface area contributed by atoms with E-state index in [1.807, 2.05) is 0 Å². The lowest BCUT2D eigenvalue weighted by molar-refractivity contribution is -0.383. The molecular weight excluding hydrogens is 258 g/mol. The van der Waals surface area contributed by atoms with Crippen LogP contribution in [-0.4, -0.2) is 10.8 Å². The predicted octanol–water partition coefficient (Wildman–Crippen LogP) is 2.74. The van der Waals surface area contributed by atoms with E-state index in [-0.39, 0.29) is 16.9 Å². The first-order valence-electron chi connectivity index (χ1n) is 5.90. The molecule has 6 nitrogen and oxygen atoms in total. The number of amides is 1. The van der Waals surface area contributed by atoms with Gasteiger partial charge in [0.2, 0.25) is 0 Å². The van der Waals surface area contributed by atoms with Crippen LogP contribution in [0, 0.1) is 17.0 Å². The molecule has 2 aromatic rings. The standard InChI is InChI=1S/C14H13N3O3/c1-9-6-7-13(17(19)20)12(8-9)16-14(18)10-4-2-3-5-11(10)15/h2-8H,15H2,1H3,(H,16,18). The maximum atomic E-state index is 12.1. The van der Waals surface area contributed by atoms with Gasteiger partial charge in [0.05, 0.1) is 10.5 Å². The quantitative estimate of drug-likeness (QED) is 0.509. The van der Waals surface area contributed by atoms with Crippen LogP contribution in [0.1, 0.15) is 15.9 Å². The topological polar surface area (TPSA) is 98.3 Å². The van der Waals surface area contributed by atoms with E-state index in [0.717, 1.165) is 5.56 Å². The number of hydrogen-bond acceptors (Lipinski definition) is 4. The fourth-order valence-corrected chi connectivity index (χ4v) is 1.80. The Morgan fingerprint density at radius 2 is 1.95 bits per heavy atom. The van der Waals surface area contributed by atoms with Gasteiger partial charge in [0, 0.05) is 11.8 Å². The van der Waals surface area contributed by atoms with Crippen LogP contribution in [-0.2, 0) is 0 Å². The lowest BCUT2D eigenvalue weighted by atomic mass is 10.1. The second kappa shape index (κ2) is 5.40. The Balaban J connectivity index is 2.35. The Morgan fingerprint density at radius 1 is 1.25 bits per heavy atom. The van der Waals surface area contributed by atoms with Gasteiger partial charge in [-0.3, -0.25) is 14.9 Å². The molecule has 0 radical (unpaired) electrons. The summed E-state index contributed by atoms with van der Waals surface area (Å²) in [4.78, 5) is 22.5. The lowest BCUT2D eigenvalue weighted by Gasteiger charge is -2.08. The van der Waals surface area contributed by atoms with Crippen LogP contribution >= 0.6 is 0 Å². The summed E-state index contributed by atoms with van der Waals surface area (Å²) in [7, 11) is 0. The molecule has 0 fully saturated rings. The summed E-state index contributed by atoms with van der Waals surface area (Å²) in [5.41, 5.74) is 7.12.